The molecule has 1 aromatic carbocycles. The van der Waals surface area contributed by atoms with Gasteiger partial charge in [-0.2, -0.15) is 0 Å². The van der Waals surface area contributed by atoms with Gasteiger partial charge < -0.3 is 15.3 Å². The zero-order valence-corrected chi connectivity index (χ0v) is 14.9. The Hall–Kier alpha value is 0.800. The molecule has 0 aliphatic heterocycles. The number of carbonyl (C=O) groups is 1. The molecular formula is C10H9I3O4. The molecule has 1 aromatic rings. The predicted molar refractivity (Wildman–Crippen MR) is 88.3 cm³/mol. The number of aromatic carboxylic acids is 1. The van der Waals surface area contributed by atoms with Crippen LogP contribution in [0.15, 0.2) is 6.07 Å². The van der Waals surface area contributed by atoms with Crippen molar-refractivity contribution in [2.75, 3.05) is 6.61 Å². The molecule has 1 atom stereocenters. The van der Waals surface area contributed by atoms with E-state index in [1.165, 1.54) is 0 Å². The van der Waals surface area contributed by atoms with Gasteiger partial charge in [0, 0.05) is 17.1 Å². The lowest BCUT2D eigenvalue weighted by molar-refractivity contribution is 0.0691. The smallest absolute Gasteiger partial charge is 0.336 e. The molecule has 0 radical (unpaired) electrons. The normalized spacial score (nSPS) is 12.5. The number of rotatable bonds is 4. The third kappa shape index (κ3) is 3.88. The number of halogens is 3. The van der Waals surface area contributed by atoms with Crippen LogP contribution in [-0.2, 0) is 6.42 Å². The molecule has 4 nitrogen and oxygen atoms in total. The van der Waals surface area contributed by atoms with E-state index in [-0.39, 0.29) is 18.6 Å². The lowest BCUT2D eigenvalue weighted by Crippen LogP contribution is -2.19. The number of aliphatic hydroxyl groups is 2. The molecule has 0 fully saturated rings. The SMILES string of the molecule is O=C(O)c1cc(I)c(I)c(I)c1CC(O)CO. The van der Waals surface area contributed by atoms with E-state index in [0.717, 1.165) is 10.7 Å². The number of aliphatic hydroxyl groups excluding tert-OH is 2. The van der Waals surface area contributed by atoms with Crippen LogP contribution in [-0.4, -0.2) is 34.0 Å². The van der Waals surface area contributed by atoms with Gasteiger partial charge in [-0.05, 0) is 79.4 Å². The zero-order chi connectivity index (χ0) is 13.2. The number of carboxylic acid groups (broad SMARTS) is 1. The van der Waals surface area contributed by atoms with Crippen molar-refractivity contribution in [3.8, 4) is 0 Å². The first-order valence-corrected chi connectivity index (χ1v) is 7.80. The van der Waals surface area contributed by atoms with Crippen LogP contribution in [0.2, 0.25) is 0 Å². The van der Waals surface area contributed by atoms with Crippen molar-refractivity contribution in [3.05, 3.63) is 27.9 Å². The van der Waals surface area contributed by atoms with Gasteiger partial charge in [-0.3, -0.25) is 0 Å². The molecule has 0 saturated heterocycles. The fourth-order valence-corrected chi connectivity index (χ4v) is 3.70. The minimum atomic E-state index is -1.02. The molecule has 1 unspecified atom stereocenters. The first-order chi connectivity index (χ1) is 7.88. The van der Waals surface area contributed by atoms with E-state index in [0.29, 0.717) is 5.56 Å². The number of carboxylic acids is 1. The maximum Gasteiger partial charge on any atom is 0.336 e. The third-order valence-electron chi connectivity index (χ3n) is 2.14. The number of hydrogen-bond donors (Lipinski definition) is 3. The Kier molecular flexibility index (Phi) is 6.36. The largest absolute Gasteiger partial charge is 0.478 e. The van der Waals surface area contributed by atoms with Gasteiger partial charge >= 0.3 is 5.97 Å². The highest BCUT2D eigenvalue weighted by Gasteiger charge is 2.20. The summed E-state index contributed by atoms with van der Waals surface area (Å²) in [6.45, 7) is -0.377. The quantitative estimate of drug-likeness (QED) is 0.381. The molecule has 17 heavy (non-hydrogen) atoms. The van der Waals surface area contributed by atoms with Gasteiger partial charge in [-0.1, -0.05) is 0 Å². The van der Waals surface area contributed by atoms with Gasteiger partial charge in [0.25, 0.3) is 0 Å². The molecule has 1 rings (SSSR count). The van der Waals surface area contributed by atoms with Crippen molar-refractivity contribution in [2.24, 2.45) is 0 Å². The molecule has 94 valence electrons. The Bertz CT molecular complexity index is 448. The van der Waals surface area contributed by atoms with Crippen LogP contribution in [0.3, 0.4) is 0 Å². The molecule has 0 amide bonds. The topological polar surface area (TPSA) is 77.8 Å². The van der Waals surface area contributed by atoms with Crippen LogP contribution in [0.25, 0.3) is 0 Å². The monoisotopic (exact) mass is 574 g/mol. The maximum atomic E-state index is 11.2. The molecule has 0 aromatic heterocycles. The summed E-state index contributed by atoms with van der Waals surface area (Å²) in [6.07, 6.45) is -0.791. The Morgan fingerprint density at radius 2 is 1.88 bits per heavy atom. The van der Waals surface area contributed by atoms with Gasteiger partial charge in [0.2, 0.25) is 0 Å². The van der Waals surface area contributed by atoms with Crippen LogP contribution >= 0.6 is 67.8 Å². The van der Waals surface area contributed by atoms with Crippen molar-refractivity contribution in [3.63, 3.8) is 0 Å². The average Bonchev–Trinajstić information content (AvgIpc) is 2.28. The fourth-order valence-electron chi connectivity index (χ4n) is 1.32. The van der Waals surface area contributed by atoms with Gasteiger partial charge in [0.1, 0.15) is 0 Å². The average molecular weight is 574 g/mol. The molecular weight excluding hydrogens is 565 g/mol. The minimum absolute atomic E-state index is 0.142. The van der Waals surface area contributed by atoms with E-state index < -0.39 is 12.1 Å². The fraction of sp³-hybridized carbons (Fsp3) is 0.300. The summed E-state index contributed by atoms with van der Waals surface area (Å²) in [6, 6.07) is 1.59. The van der Waals surface area contributed by atoms with E-state index >= 15 is 0 Å². The molecule has 3 N–H and O–H groups in total. The Labute approximate surface area is 139 Å². The number of benzene rings is 1. The number of hydrogen-bond acceptors (Lipinski definition) is 3. The molecule has 7 heteroatoms. The first-order valence-electron chi connectivity index (χ1n) is 4.57. The molecule has 0 bridgehead atoms. The van der Waals surface area contributed by atoms with Crippen molar-refractivity contribution in [2.45, 2.75) is 12.5 Å². The van der Waals surface area contributed by atoms with E-state index in [9.17, 15) is 9.90 Å². The van der Waals surface area contributed by atoms with Gasteiger partial charge in [0.15, 0.2) is 0 Å². The van der Waals surface area contributed by atoms with Gasteiger partial charge in [-0.15, -0.1) is 0 Å². The predicted octanol–water partition coefficient (Wildman–Crippen LogP) is 2.09. The third-order valence-corrected chi connectivity index (χ3v) is 7.37. The van der Waals surface area contributed by atoms with Gasteiger partial charge in [-0.25, -0.2) is 4.79 Å². The van der Waals surface area contributed by atoms with Crippen LogP contribution in [0.4, 0.5) is 0 Å². The van der Waals surface area contributed by atoms with Crippen LogP contribution in [0.1, 0.15) is 15.9 Å². The van der Waals surface area contributed by atoms with Crippen molar-refractivity contribution in [1.29, 1.82) is 0 Å². The van der Waals surface area contributed by atoms with Crippen LogP contribution in [0, 0.1) is 10.7 Å². The standard InChI is InChI=1S/C10H9I3O4/c11-7-2-6(10(16)17)5(1-4(15)3-14)8(12)9(7)13/h2,4,14-15H,1,3H2,(H,16,17). The van der Waals surface area contributed by atoms with E-state index in [1.54, 1.807) is 6.07 Å². The minimum Gasteiger partial charge on any atom is -0.478 e. The Morgan fingerprint density at radius 3 is 2.35 bits per heavy atom. The van der Waals surface area contributed by atoms with Crippen LogP contribution in [0.5, 0.6) is 0 Å². The van der Waals surface area contributed by atoms with E-state index in [2.05, 4.69) is 67.8 Å². The molecule has 0 aliphatic carbocycles. The Morgan fingerprint density at radius 1 is 1.29 bits per heavy atom. The highest BCUT2D eigenvalue weighted by molar-refractivity contribution is 14.1. The van der Waals surface area contributed by atoms with Gasteiger partial charge in [0.05, 0.1) is 18.3 Å². The van der Waals surface area contributed by atoms with Crippen molar-refractivity contribution < 1.29 is 20.1 Å². The summed E-state index contributed by atoms with van der Waals surface area (Å²) in [4.78, 5) is 11.2. The van der Waals surface area contributed by atoms with E-state index in [1.807, 2.05) is 0 Å². The highest BCUT2D eigenvalue weighted by atomic mass is 127. The molecule has 0 spiro atoms. The summed E-state index contributed by atoms with van der Waals surface area (Å²) in [5.41, 5.74) is 0.760. The summed E-state index contributed by atoms with van der Waals surface area (Å²) in [5.74, 6) is -1.02. The highest BCUT2D eigenvalue weighted by Crippen LogP contribution is 2.28. The summed E-state index contributed by atoms with van der Waals surface area (Å²) in [7, 11) is 0. The summed E-state index contributed by atoms with van der Waals surface area (Å²) >= 11 is 6.29. The van der Waals surface area contributed by atoms with Crippen molar-refractivity contribution >= 4 is 73.7 Å². The summed E-state index contributed by atoms with van der Waals surface area (Å²) in [5, 5.41) is 27.4. The lowest BCUT2D eigenvalue weighted by Gasteiger charge is -2.14. The van der Waals surface area contributed by atoms with E-state index in [4.69, 9.17) is 10.2 Å². The lowest BCUT2D eigenvalue weighted by atomic mass is 10.0. The molecule has 0 aliphatic rings. The second-order valence-electron chi connectivity index (χ2n) is 3.36. The molecule has 0 saturated carbocycles. The second kappa shape index (κ2) is 6.82. The first kappa shape index (κ1) is 15.9. The Balaban J connectivity index is 3.33. The summed E-state index contributed by atoms with van der Waals surface area (Å²) < 4.78 is 2.65. The molecule has 0 heterocycles. The maximum absolute atomic E-state index is 11.2. The second-order valence-corrected chi connectivity index (χ2v) is 6.68. The van der Waals surface area contributed by atoms with Crippen LogP contribution < -0.4 is 0 Å². The zero-order valence-electron chi connectivity index (χ0n) is 8.45. The van der Waals surface area contributed by atoms with Crippen molar-refractivity contribution in [1.82, 2.24) is 0 Å².